The standard InChI is InChI=1S/C17H21NO5/c1-11(2)17(16(20)21)5-6-18(9-17)15(19)8-12-3-4-13-14(7-12)23-10-22-13/h3-4,7,11H,5-6,8-10H2,1-2H3,(H,20,21). The summed E-state index contributed by atoms with van der Waals surface area (Å²) in [4.78, 5) is 25.8. The summed E-state index contributed by atoms with van der Waals surface area (Å²) in [5, 5.41) is 9.56. The molecule has 1 saturated heterocycles. The number of aliphatic carboxylic acids is 1. The van der Waals surface area contributed by atoms with Crippen molar-refractivity contribution in [2.24, 2.45) is 11.3 Å². The van der Waals surface area contributed by atoms with Gasteiger partial charge in [-0.15, -0.1) is 0 Å². The van der Waals surface area contributed by atoms with Crippen LogP contribution in [0.2, 0.25) is 0 Å². The normalized spacial score (nSPS) is 22.7. The lowest BCUT2D eigenvalue weighted by molar-refractivity contribution is -0.151. The van der Waals surface area contributed by atoms with E-state index in [1.165, 1.54) is 0 Å². The van der Waals surface area contributed by atoms with E-state index in [1.54, 1.807) is 11.0 Å². The Bertz CT molecular complexity index is 642. The van der Waals surface area contributed by atoms with Crippen molar-refractivity contribution < 1.29 is 24.2 Å². The number of hydrogen-bond donors (Lipinski definition) is 1. The Balaban J connectivity index is 1.69. The van der Waals surface area contributed by atoms with Gasteiger partial charge >= 0.3 is 5.97 Å². The van der Waals surface area contributed by atoms with E-state index in [2.05, 4.69) is 0 Å². The van der Waals surface area contributed by atoms with Gasteiger partial charge in [0.1, 0.15) is 0 Å². The van der Waals surface area contributed by atoms with Crippen LogP contribution in [0.3, 0.4) is 0 Å². The molecule has 0 spiro atoms. The van der Waals surface area contributed by atoms with E-state index in [-0.39, 0.29) is 31.6 Å². The van der Waals surface area contributed by atoms with E-state index in [4.69, 9.17) is 9.47 Å². The highest BCUT2D eigenvalue weighted by Crippen LogP contribution is 2.38. The van der Waals surface area contributed by atoms with E-state index in [0.29, 0.717) is 24.5 Å². The van der Waals surface area contributed by atoms with Crippen molar-refractivity contribution in [3.63, 3.8) is 0 Å². The molecule has 1 fully saturated rings. The molecule has 1 atom stereocenters. The lowest BCUT2D eigenvalue weighted by atomic mass is 9.76. The molecule has 0 saturated carbocycles. The highest BCUT2D eigenvalue weighted by Gasteiger charge is 2.48. The summed E-state index contributed by atoms with van der Waals surface area (Å²) in [7, 11) is 0. The molecule has 1 unspecified atom stereocenters. The lowest BCUT2D eigenvalue weighted by Gasteiger charge is -2.28. The molecule has 6 nitrogen and oxygen atoms in total. The molecule has 0 aliphatic carbocycles. The molecule has 2 heterocycles. The second kappa shape index (κ2) is 5.76. The number of carbonyl (C=O) groups excluding carboxylic acids is 1. The zero-order chi connectivity index (χ0) is 16.6. The fraction of sp³-hybridized carbons (Fsp3) is 0.529. The van der Waals surface area contributed by atoms with Crippen molar-refractivity contribution in [1.29, 1.82) is 0 Å². The fourth-order valence-corrected chi connectivity index (χ4v) is 3.28. The molecule has 1 amide bonds. The van der Waals surface area contributed by atoms with Crippen molar-refractivity contribution in [3.05, 3.63) is 23.8 Å². The molecule has 0 bridgehead atoms. The quantitative estimate of drug-likeness (QED) is 0.917. The van der Waals surface area contributed by atoms with E-state index in [0.717, 1.165) is 5.56 Å². The average Bonchev–Trinajstić information content (AvgIpc) is 3.14. The Kier molecular flexibility index (Phi) is 3.92. The monoisotopic (exact) mass is 319 g/mol. The molecule has 3 rings (SSSR count). The first-order chi connectivity index (χ1) is 10.9. The topological polar surface area (TPSA) is 76.1 Å². The third-order valence-electron chi connectivity index (χ3n) is 4.98. The van der Waals surface area contributed by atoms with Crippen LogP contribution in [-0.4, -0.2) is 41.8 Å². The number of ether oxygens (including phenoxy) is 2. The van der Waals surface area contributed by atoms with Crippen molar-refractivity contribution in [2.75, 3.05) is 19.9 Å². The van der Waals surface area contributed by atoms with Crippen LogP contribution in [-0.2, 0) is 16.0 Å². The summed E-state index contributed by atoms with van der Waals surface area (Å²) in [5.41, 5.74) is 0.0153. The number of likely N-dealkylation sites (tertiary alicyclic amines) is 1. The molecule has 1 N–H and O–H groups in total. The van der Waals surface area contributed by atoms with Gasteiger partial charge in [0.05, 0.1) is 11.8 Å². The van der Waals surface area contributed by atoms with Gasteiger partial charge in [0.25, 0.3) is 0 Å². The van der Waals surface area contributed by atoms with Gasteiger partial charge in [-0.1, -0.05) is 19.9 Å². The van der Waals surface area contributed by atoms with Gasteiger partial charge in [-0.25, -0.2) is 0 Å². The van der Waals surface area contributed by atoms with Crippen LogP contribution in [0.15, 0.2) is 18.2 Å². The van der Waals surface area contributed by atoms with Gasteiger partial charge in [0.15, 0.2) is 11.5 Å². The summed E-state index contributed by atoms with van der Waals surface area (Å²) < 4.78 is 10.6. The number of carbonyl (C=O) groups is 2. The Labute approximate surface area is 135 Å². The van der Waals surface area contributed by atoms with Crippen LogP contribution in [0.5, 0.6) is 11.5 Å². The minimum absolute atomic E-state index is 0.0108. The third-order valence-corrected chi connectivity index (χ3v) is 4.98. The summed E-state index contributed by atoms with van der Waals surface area (Å²) in [6.07, 6.45) is 0.747. The molecule has 1 aromatic carbocycles. The van der Waals surface area contributed by atoms with Crippen LogP contribution in [0, 0.1) is 11.3 Å². The van der Waals surface area contributed by atoms with Crippen molar-refractivity contribution in [2.45, 2.75) is 26.7 Å². The molecule has 0 radical (unpaired) electrons. The van der Waals surface area contributed by atoms with Crippen LogP contribution >= 0.6 is 0 Å². The minimum Gasteiger partial charge on any atom is -0.481 e. The molecule has 6 heteroatoms. The summed E-state index contributed by atoms with van der Waals surface area (Å²) in [5.74, 6) is 0.465. The molecule has 23 heavy (non-hydrogen) atoms. The van der Waals surface area contributed by atoms with Crippen LogP contribution in [0.25, 0.3) is 0 Å². The summed E-state index contributed by atoms with van der Waals surface area (Å²) in [6.45, 7) is 4.78. The van der Waals surface area contributed by atoms with Crippen molar-refractivity contribution >= 4 is 11.9 Å². The maximum absolute atomic E-state index is 12.5. The van der Waals surface area contributed by atoms with E-state index < -0.39 is 11.4 Å². The predicted octanol–water partition coefficient (Wildman–Crippen LogP) is 1.92. The molecule has 124 valence electrons. The number of fused-ring (bicyclic) bond motifs is 1. The third kappa shape index (κ3) is 2.73. The van der Waals surface area contributed by atoms with Gasteiger partial charge in [0, 0.05) is 13.1 Å². The number of benzene rings is 1. The number of carboxylic acid groups (broad SMARTS) is 1. The predicted molar refractivity (Wildman–Crippen MR) is 82.4 cm³/mol. The maximum atomic E-state index is 12.5. The zero-order valence-electron chi connectivity index (χ0n) is 13.4. The number of hydrogen-bond acceptors (Lipinski definition) is 4. The van der Waals surface area contributed by atoms with Crippen LogP contribution in [0.1, 0.15) is 25.8 Å². The molecule has 2 aliphatic heterocycles. The molecule has 2 aliphatic rings. The highest BCUT2D eigenvalue weighted by atomic mass is 16.7. The lowest BCUT2D eigenvalue weighted by Crippen LogP contribution is -2.41. The van der Waals surface area contributed by atoms with E-state index >= 15 is 0 Å². The Morgan fingerprint density at radius 2 is 2.04 bits per heavy atom. The molecular formula is C17H21NO5. The Hall–Kier alpha value is -2.24. The number of carboxylic acids is 1. The highest BCUT2D eigenvalue weighted by molar-refractivity contribution is 5.82. The van der Waals surface area contributed by atoms with E-state index in [9.17, 15) is 14.7 Å². The Morgan fingerprint density at radius 1 is 1.30 bits per heavy atom. The van der Waals surface area contributed by atoms with Gasteiger partial charge in [-0.2, -0.15) is 0 Å². The summed E-state index contributed by atoms with van der Waals surface area (Å²) >= 11 is 0. The zero-order valence-corrected chi connectivity index (χ0v) is 13.4. The average molecular weight is 319 g/mol. The maximum Gasteiger partial charge on any atom is 0.311 e. The largest absolute Gasteiger partial charge is 0.481 e. The first-order valence-corrected chi connectivity index (χ1v) is 7.82. The fourth-order valence-electron chi connectivity index (χ4n) is 3.28. The first kappa shape index (κ1) is 15.6. The number of nitrogens with zero attached hydrogens (tertiary/aromatic N) is 1. The molecule has 1 aromatic rings. The van der Waals surface area contributed by atoms with Gasteiger partial charge in [0.2, 0.25) is 12.7 Å². The molecule has 0 aromatic heterocycles. The Morgan fingerprint density at radius 3 is 2.70 bits per heavy atom. The second-order valence-electron chi connectivity index (χ2n) is 6.55. The van der Waals surface area contributed by atoms with Crippen LogP contribution in [0.4, 0.5) is 0 Å². The van der Waals surface area contributed by atoms with Gasteiger partial charge in [-0.05, 0) is 30.0 Å². The van der Waals surface area contributed by atoms with E-state index in [1.807, 2.05) is 26.0 Å². The summed E-state index contributed by atoms with van der Waals surface area (Å²) in [6, 6.07) is 5.45. The van der Waals surface area contributed by atoms with Crippen molar-refractivity contribution in [1.82, 2.24) is 4.90 Å². The van der Waals surface area contributed by atoms with Crippen molar-refractivity contribution in [3.8, 4) is 11.5 Å². The SMILES string of the molecule is CC(C)C1(C(=O)O)CCN(C(=O)Cc2ccc3c(c2)OCO3)C1. The first-order valence-electron chi connectivity index (χ1n) is 7.82. The van der Waals surface area contributed by atoms with Gasteiger partial charge in [-0.3, -0.25) is 9.59 Å². The van der Waals surface area contributed by atoms with Crippen LogP contribution < -0.4 is 9.47 Å². The minimum atomic E-state index is -0.829. The second-order valence-corrected chi connectivity index (χ2v) is 6.55. The number of amides is 1. The number of rotatable bonds is 4. The van der Waals surface area contributed by atoms with Gasteiger partial charge < -0.3 is 19.5 Å². The molecular weight excluding hydrogens is 298 g/mol. The smallest absolute Gasteiger partial charge is 0.311 e.